The van der Waals surface area contributed by atoms with Crippen LogP contribution >= 0.6 is 0 Å². The van der Waals surface area contributed by atoms with Gasteiger partial charge in [0.1, 0.15) is 5.82 Å². The monoisotopic (exact) mass is 188 g/mol. The summed E-state index contributed by atoms with van der Waals surface area (Å²) in [5, 5.41) is 11.3. The quantitative estimate of drug-likeness (QED) is 0.673. The van der Waals surface area contributed by atoms with Gasteiger partial charge in [0.05, 0.1) is 23.7 Å². The number of halogens is 1. The van der Waals surface area contributed by atoms with Crippen molar-refractivity contribution in [2.45, 2.75) is 0 Å². The van der Waals surface area contributed by atoms with E-state index in [0.717, 1.165) is 0 Å². The topological polar surface area (TPSA) is 35.8 Å². The third-order valence-electron chi connectivity index (χ3n) is 1.59. The van der Waals surface area contributed by atoms with Crippen molar-refractivity contribution in [2.75, 3.05) is 13.6 Å². The molecule has 0 aliphatic rings. The Kier molecular flexibility index (Phi) is 3.67. The van der Waals surface area contributed by atoms with Gasteiger partial charge in [-0.1, -0.05) is 11.8 Å². The lowest BCUT2D eigenvalue weighted by molar-refractivity contribution is 0.624. The Morgan fingerprint density at radius 3 is 2.86 bits per heavy atom. The van der Waals surface area contributed by atoms with Gasteiger partial charge in [0.15, 0.2) is 0 Å². The number of benzene rings is 1. The average Bonchev–Trinajstić information content (AvgIpc) is 2.20. The molecule has 0 aliphatic heterocycles. The van der Waals surface area contributed by atoms with Crippen molar-refractivity contribution >= 4 is 0 Å². The lowest BCUT2D eigenvalue weighted by Crippen LogP contribution is -2.04. The molecule has 0 saturated heterocycles. The van der Waals surface area contributed by atoms with Crippen LogP contribution in [0.15, 0.2) is 18.2 Å². The van der Waals surface area contributed by atoms with Gasteiger partial charge in [0.2, 0.25) is 0 Å². The molecule has 1 N–H and O–H groups in total. The summed E-state index contributed by atoms with van der Waals surface area (Å²) in [5.41, 5.74) is 0.626. The van der Waals surface area contributed by atoms with Crippen molar-refractivity contribution in [1.29, 1.82) is 5.26 Å². The van der Waals surface area contributed by atoms with E-state index in [-0.39, 0.29) is 0 Å². The van der Waals surface area contributed by atoms with Crippen LogP contribution in [-0.4, -0.2) is 13.6 Å². The lowest BCUT2D eigenvalue weighted by atomic mass is 10.1. The van der Waals surface area contributed by atoms with Gasteiger partial charge in [-0.2, -0.15) is 5.26 Å². The first-order chi connectivity index (χ1) is 6.77. The number of hydrogen-bond acceptors (Lipinski definition) is 2. The molecule has 0 radical (unpaired) electrons. The van der Waals surface area contributed by atoms with E-state index in [9.17, 15) is 4.39 Å². The van der Waals surface area contributed by atoms with Gasteiger partial charge in [-0.05, 0) is 25.2 Å². The molecule has 0 spiro atoms. The Hall–Kier alpha value is -1.84. The minimum absolute atomic E-state index is 0.307. The highest BCUT2D eigenvalue weighted by atomic mass is 19.1. The van der Waals surface area contributed by atoms with E-state index in [0.29, 0.717) is 17.7 Å². The van der Waals surface area contributed by atoms with Crippen molar-refractivity contribution in [3.8, 4) is 17.9 Å². The SMILES string of the molecule is CNCC#Cc1ccc(C#N)cc1F. The summed E-state index contributed by atoms with van der Waals surface area (Å²) >= 11 is 0. The normalized spacial score (nSPS) is 8.64. The molecule has 0 aromatic heterocycles. The maximum atomic E-state index is 13.2. The van der Waals surface area contributed by atoms with Gasteiger partial charge in [-0.25, -0.2) is 4.39 Å². The fourth-order valence-electron chi connectivity index (χ4n) is 0.914. The molecule has 3 heteroatoms. The van der Waals surface area contributed by atoms with Crippen LogP contribution < -0.4 is 5.32 Å². The molecule has 1 aromatic carbocycles. The van der Waals surface area contributed by atoms with Crippen molar-refractivity contribution in [3.63, 3.8) is 0 Å². The molecule has 14 heavy (non-hydrogen) atoms. The fraction of sp³-hybridized carbons (Fsp3) is 0.182. The molecule has 70 valence electrons. The van der Waals surface area contributed by atoms with Gasteiger partial charge in [0.25, 0.3) is 0 Å². The van der Waals surface area contributed by atoms with Crippen molar-refractivity contribution in [2.24, 2.45) is 0 Å². The fourth-order valence-corrected chi connectivity index (χ4v) is 0.914. The van der Waals surface area contributed by atoms with E-state index < -0.39 is 5.82 Å². The van der Waals surface area contributed by atoms with Crippen LogP contribution in [0, 0.1) is 29.0 Å². The first kappa shape index (κ1) is 10.2. The maximum Gasteiger partial charge on any atom is 0.140 e. The molecular formula is C11H9FN2. The molecule has 0 fully saturated rings. The van der Waals surface area contributed by atoms with Gasteiger partial charge in [-0.15, -0.1) is 0 Å². The predicted molar refractivity (Wildman–Crippen MR) is 51.9 cm³/mol. The van der Waals surface area contributed by atoms with Crippen LogP contribution in [-0.2, 0) is 0 Å². The molecule has 0 atom stereocenters. The molecular weight excluding hydrogens is 179 g/mol. The zero-order chi connectivity index (χ0) is 10.4. The second kappa shape index (κ2) is 5.01. The van der Waals surface area contributed by atoms with Crippen LogP contribution in [0.25, 0.3) is 0 Å². The second-order valence-corrected chi connectivity index (χ2v) is 2.64. The summed E-state index contributed by atoms with van der Waals surface area (Å²) < 4.78 is 13.2. The minimum Gasteiger partial charge on any atom is -0.309 e. The van der Waals surface area contributed by atoms with E-state index in [1.807, 2.05) is 6.07 Å². The van der Waals surface area contributed by atoms with E-state index in [1.54, 1.807) is 13.1 Å². The number of hydrogen-bond donors (Lipinski definition) is 1. The molecule has 1 aromatic rings. The Morgan fingerprint density at radius 2 is 2.29 bits per heavy atom. The van der Waals surface area contributed by atoms with Gasteiger partial charge in [0, 0.05) is 0 Å². The standard InChI is InChI=1S/C11H9FN2/c1-14-6-2-3-10-5-4-9(8-13)7-11(10)12/h4-5,7,14H,6H2,1H3. The summed E-state index contributed by atoms with van der Waals surface area (Å²) in [6.07, 6.45) is 0. The Labute approximate surface area is 82.4 Å². The molecule has 0 aliphatic carbocycles. The van der Waals surface area contributed by atoms with Crippen LogP contribution in [0.5, 0.6) is 0 Å². The summed E-state index contributed by atoms with van der Waals surface area (Å²) in [7, 11) is 1.77. The molecule has 1 rings (SSSR count). The Balaban J connectivity index is 2.92. The Morgan fingerprint density at radius 1 is 1.50 bits per heavy atom. The average molecular weight is 188 g/mol. The smallest absolute Gasteiger partial charge is 0.140 e. The van der Waals surface area contributed by atoms with E-state index in [4.69, 9.17) is 5.26 Å². The maximum absolute atomic E-state index is 13.2. The molecule has 0 bridgehead atoms. The number of nitrogens with one attached hydrogen (secondary N) is 1. The van der Waals surface area contributed by atoms with Crippen LogP contribution in [0.3, 0.4) is 0 Å². The van der Waals surface area contributed by atoms with E-state index in [1.165, 1.54) is 12.1 Å². The van der Waals surface area contributed by atoms with E-state index in [2.05, 4.69) is 17.2 Å². The molecule has 0 saturated carbocycles. The first-order valence-electron chi connectivity index (χ1n) is 4.11. The zero-order valence-electron chi connectivity index (χ0n) is 7.76. The van der Waals surface area contributed by atoms with Gasteiger partial charge < -0.3 is 5.32 Å². The lowest BCUT2D eigenvalue weighted by Gasteiger charge is -1.94. The number of nitrogens with zero attached hydrogens (tertiary/aromatic N) is 1. The van der Waals surface area contributed by atoms with Gasteiger partial charge >= 0.3 is 0 Å². The summed E-state index contributed by atoms with van der Waals surface area (Å²) in [4.78, 5) is 0. The van der Waals surface area contributed by atoms with Gasteiger partial charge in [-0.3, -0.25) is 0 Å². The van der Waals surface area contributed by atoms with E-state index >= 15 is 0 Å². The largest absolute Gasteiger partial charge is 0.309 e. The summed E-state index contributed by atoms with van der Waals surface area (Å²) in [5.74, 6) is 4.96. The number of nitriles is 1. The van der Waals surface area contributed by atoms with Crippen LogP contribution in [0.2, 0.25) is 0 Å². The van der Waals surface area contributed by atoms with Crippen molar-refractivity contribution in [1.82, 2.24) is 5.32 Å². The third kappa shape index (κ3) is 2.58. The highest BCUT2D eigenvalue weighted by Gasteiger charge is 1.99. The predicted octanol–water partition coefficient (Wildman–Crippen LogP) is 1.27. The Bertz CT molecular complexity index is 421. The van der Waals surface area contributed by atoms with Crippen LogP contribution in [0.4, 0.5) is 4.39 Å². The summed E-state index contributed by atoms with van der Waals surface area (Å²) in [6, 6.07) is 6.10. The molecule has 2 nitrogen and oxygen atoms in total. The first-order valence-corrected chi connectivity index (χ1v) is 4.11. The highest BCUT2D eigenvalue weighted by molar-refractivity contribution is 5.41. The molecule has 0 amide bonds. The van der Waals surface area contributed by atoms with Crippen LogP contribution in [0.1, 0.15) is 11.1 Å². The second-order valence-electron chi connectivity index (χ2n) is 2.64. The molecule has 0 unspecified atom stereocenters. The van der Waals surface area contributed by atoms with Crippen molar-refractivity contribution < 1.29 is 4.39 Å². The zero-order valence-corrected chi connectivity index (χ0v) is 7.76. The summed E-state index contributed by atoms with van der Waals surface area (Å²) in [6.45, 7) is 0.513. The third-order valence-corrected chi connectivity index (χ3v) is 1.59. The molecule has 0 heterocycles. The number of rotatable bonds is 1. The minimum atomic E-state index is -0.451. The highest BCUT2D eigenvalue weighted by Crippen LogP contribution is 2.08. The van der Waals surface area contributed by atoms with Crippen molar-refractivity contribution in [3.05, 3.63) is 35.1 Å².